The second-order valence-corrected chi connectivity index (χ2v) is 4.57. The number of hydrogen-bond donors (Lipinski definition) is 2. The van der Waals surface area contributed by atoms with Crippen LogP contribution in [0.2, 0.25) is 5.02 Å². The van der Waals surface area contributed by atoms with Gasteiger partial charge in [0.25, 0.3) is 11.7 Å². The Kier molecular flexibility index (Phi) is 4.67. The van der Waals surface area contributed by atoms with E-state index in [0.717, 1.165) is 10.8 Å². The summed E-state index contributed by atoms with van der Waals surface area (Å²) in [5.74, 6) is -4.31. The van der Waals surface area contributed by atoms with Crippen LogP contribution < -0.4 is 5.32 Å². The van der Waals surface area contributed by atoms with E-state index in [2.05, 4.69) is 0 Å². The molecule has 1 rings (SSSR count). The first-order valence-electron chi connectivity index (χ1n) is 5.46. The number of rotatable bonds is 4. The molecule has 0 bridgehead atoms. The first-order chi connectivity index (χ1) is 9.46. The van der Waals surface area contributed by atoms with Gasteiger partial charge in [-0.1, -0.05) is 11.6 Å². The van der Waals surface area contributed by atoms with Crippen molar-refractivity contribution in [3.05, 3.63) is 22.5 Å². The van der Waals surface area contributed by atoms with E-state index in [9.17, 15) is 27.6 Å². The molecule has 0 aliphatic heterocycles. The normalized spacial score (nSPS) is 12.9. The summed E-state index contributed by atoms with van der Waals surface area (Å²) in [6.07, 6.45) is -3.74. The molecule has 2 N–H and O–H groups in total. The van der Waals surface area contributed by atoms with E-state index in [-0.39, 0.29) is 0 Å². The second-order valence-electron chi connectivity index (χ2n) is 4.19. The van der Waals surface area contributed by atoms with Crippen molar-refractivity contribution in [2.24, 2.45) is 7.05 Å². The Morgan fingerprint density at radius 3 is 2.29 bits per heavy atom. The maximum Gasteiger partial charge on any atom is 0.408 e. The Bertz CT molecular complexity index is 609. The van der Waals surface area contributed by atoms with Crippen LogP contribution in [-0.4, -0.2) is 39.6 Å². The molecule has 0 radical (unpaired) electrons. The Labute approximate surface area is 121 Å². The van der Waals surface area contributed by atoms with Crippen molar-refractivity contribution < 1.29 is 32.7 Å². The highest BCUT2D eigenvalue weighted by Gasteiger charge is 2.38. The number of ketones is 1. The zero-order chi connectivity index (χ0) is 16.5. The molecular formula is C11H10ClF3N2O4. The minimum absolute atomic E-state index is 0.448. The predicted octanol–water partition coefficient (Wildman–Crippen LogP) is 1.63. The molecule has 0 fully saturated rings. The summed E-state index contributed by atoms with van der Waals surface area (Å²) in [6, 6.07) is -2.23. The lowest BCUT2D eigenvalue weighted by Crippen LogP contribution is -2.45. The summed E-state index contributed by atoms with van der Waals surface area (Å²) < 4.78 is 37.9. The summed E-state index contributed by atoms with van der Waals surface area (Å²) in [5.41, 5.74) is -0.930. The summed E-state index contributed by atoms with van der Waals surface area (Å²) in [7, 11) is 1.27. The molecule has 0 aliphatic carbocycles. The highest BCUT2D eigenvalue weighted by Crippen LogP contribution is 2.24. The molecule has 6 nitrogen and oxygen atoms in total. The number of carboxylic acid groups (broad SMARTS) is 1. The average molecular weight is 327 g/mol. The maximum absolute atomic E-state index is 12.3. The molecule has 1 amide bonds. The van der Waals surface area contributed by atoms with Crippen LogP contribution in [0, 0.1) is 0 Å². The molecule has 0 spiro atoms. The van der Waals surface area contributed by atoms with Gasteiger partial charge in [-0.2, -0.15) is 13.2 Å². The highest BCUT2D eigenvalue weighted by molar-refractivity contribution is 6.47. The van der Waals surface area contributed by atoms with E-state index in [1.807, 2.05) is 0 Å². The van der Waals surface area contributed by atoms with Gasteiger partial charge < -0.3 is 15.0 Å². The molecule has 10 heteroatoms. The fourth-order valence-corrected chi connectivity index (χ4v) is 1.82. The molecular weight excluding hydrogens is 317 g/mol. The van der Waals surface area contributed by atoms with Crippen LogP contribution >= 0.6 is 11.6 Å². The van der Waals surface area contributed by atoms with E-state index in [1.54, 1.807) is 0 Å². The quantitative estimate of drug-likeness (QED) is 0.650. The van der Waals surface area contributed by atoms with E-state index < -0.39 is 46.2 Å². The summed E-state index contributed by atoms with van der Waals surface area (Å²) in [5, 5.41) is 9.83. The zero-order valence-electron chi connectivity index (χ0n) is 10.8. The van der Waals surface area contributed by atoms with Crippen LogP contribution in [0.15, 0.2) is 6.20 Å². The van der Waals surface area contributed by atoms with Crippen LogP contribution in [-0.2, 0) is 11.8 Å². The number of amides is 1. The molecule has 0 saturated carbocycles. The molecule has 1 aromatic rings. The van der Waals surface area contributed by atoms with Crippen molar-refractivity contribution in [3.63, 3.8) is 0 Å². The molecule has 1 aromatic heterocycles. The number of carbonyl (C=O) groups excluding carboxylic acids is 2. The van der Waals surface area contributed by atoms with Crippen LogP contribution in [0.4, 0.5) is 13.2 Å². The van der Waals surface area contributed by atoms with Gasteiger partial charge in [-0.25, -0.2) is 4.79 Å². The summed E-state index contributed by atoms with van der Waals surface area (Å²) in [6.45, 7) is 0.667. The maximum atomic E-state index is 12.3. The largest absolute Gasteiger partial charge is 0.477 e. The lowest BCUT2D eigenvalue weighted by atomic mass is 10.2. The van der Waals surface area contributed by atoms with Gasteiger partial charge in [0.1, 0.15) is 11.7 Å². The SMILES string of the molecule is C[C@@H](NC(=O)C(=O)c1cn(C)c(C(=O)O)c1Cl)C(F)(F)F. The number of aryl methyl sites for hydroxylation is 1. The van der Waals surface area contributed by atoms with Gasteiger partial charge in [0.05, 0.1) is 10.6 Å². The van der Waals surface area contributed by atoms with Gasteiger partial charge >= 0.3 is 12.1 Å². The van der Waals surface area contributed by atoms with E-state index >= 15 is 0 Å². The van der Waals surface area contributed by atoms with Crippen molar-refractivity contribution in [2.45, 2.75) is 19.1 Å². The molecule has 0 unspecified atom stereocenters. The number of hydrogen-bond acceptors (Lipinski definition) is 3. The Morgan fingerprint density at radius 2 is 1.90 bits per heavy atom. The van der Waals surface area contributed by atoms with Gasteiger partial charge in [0.15, 0.2) is 0 Å². The fraction of sp³-hybridized carbons (Fsp3) is 0.364. The van der Waals surface area contributed by atoms with Gasteiger partial charge in [0.2, 0.25) is 0 Å². The first kappa shape index (κ1) is 17.0. The molecule has 116 valence electrons. The van der Waals surface area contributed by atoms with Gasteiger partial charge in [0, 0.05) is 13.2 Å². The Balaban J connectivity index is 3.03. The topological polar surface area (TPSA) is 88.4 Å². The zero-order valence-corrected chi connectivity index (χ0v) is 11.5. The highest BCUT2D eigenvalue weighted by atomic mass is 35.5. The molecule has 21 heavy (non-hydrogen) atoms. The van der Waals surface area contributed by atoms with Gasteiger partial charge in [-0.05, 0) is 6.92 Å². The van der Waals surface area contributed by atoms with Crippen molar-refractivity contribution in [1.82, 2.24) is 9.88 Å². The Hall–Kier alpha value is -2.03. The number of aromatic carboxylic acids is 1. The third-order valence-electron chi connectivity index (χ3n) is 2.61. The van der Waals surface area contributed by atoms with Gasteiger partial charge in [-0.3, -0.25) is 9.59 Å². The predicted molar refractivity (Wildman–Crippen MR) is 65.4 cm³/mol. The first-order valence-corrected chi connectivity index (χ1v) is 5.84. The van der Waals surface area contributed by atoms with Crippen molar-refractivity contribution >= 4 is 29.3 Å². The smallest absolute Gasteiger partial charge is 0.408 e. The number of nitrogens with zero attached hydrogens (tertiary/aromatic N) is 1. The molecule has 0 saturated heterocycles. The van der Waals surface area contributed by atoms with Crippen LogP contribution in [0.1, 0.15) is 27.8 Å². The number of nitrogens with one attached hydrogen (secondary N) is 1. The van der Waals surface area contributed by atoms with E-state index in [4.69, 9.17) is 16.7 Å². The van der Waals surface area contributed by atoms with Crippen LogP contribution in [0.25, 0.3) is 0 Å². The minimum atomic E-state index is -4.71. The number of carboxylic acids is 1. The average Bonchev–Trinajstić information content (AvgIpc) is 2.62. The van der Waals surface area contributed by atoms with E-state index in [1.165, 1.54) is 12.4 Å². The van der Waals surface area contributed by atoms with Crippen molar-refractivity contribution in [3.8, 4) is 0 Å². The molecule has 0 aliphatic rings. The Morgan fingerprint density at radius 1 is 1.38 bits per heavy atom. The number of aromatic nitrogens is 1. The molecule has 1 heterocycles. The van der Waals surface area contributed by atoms with E-state index in [0.29, 0.717) is 6.92 Å². The fourth-order valence-electron chi connectivity index (χ4n) is 1.47. The minimum Gasteiger partial charge on any atom is -0.477 e. The number of Topliss-reactive ketones (excluding diaryl/α,β-unsaturated/α-hetero) is 1. The third kappa shape index (κ3) is 3.54. The second kappa shape index (κ2) is 5.76. The number of alkyl halides is 3. The summed E-state index contributed by atoms with van der Waals surface area (Å²) in [4.78, 5) is 34.1. The lowest BCUT2D eigenvalue weighted by Gasteiger charge is -2.16. The van der Waals surface area contributed by atoms with Crippen LogP contribution in [0.3, 0.4) is 0 Å². The third-order valence-corrected chi connectivity index (χ3v) is 2.99. The van der Waals surface area contributed by atoms with Crippen molar-refractivity contribution in [1.29, 1.82) is 0 Å². The number of carbonyl (C=O) groups is 3. The van der Waals surface area contributed by atoms with Crippen LogP contribution in [0.5, 0.6) is 0 Å². The molecule has 1 atom stereocenters. The molecule has 0 aromatic carbocycles. The number of halogens is 4. The van der Waals surface area contributed by atoms with Gasteiger partial charge in [-0.15, -0.1) is 0 Å². The standard InChI is InChI=1S/C11H10ClF3N2O4/c1-4(11(13,14)15)16-9(19)8(18)5-3-17(2)7(6(5)12)10(20)21/h3-4H,1-2H3,(H,16,19)(H,20,21)/t4-/m1/s1. The lowest BCUT2D eigenvalue weighted by molar-refractivity contribution is -0.156. The van der Waals surface area contributed by atoms with Crippen molar-refractivity contribution in [2.75, 3.05) is 0 Å². The monoisotopic (exact) mass is 326 g/mol. The summed E-state index contributed by atoms with van der Waals surface area (Å²) >= 11 is 5.67.